The van der Waals surface area contributed by atoms with E-state index < -0.39 is 0 Å². The summed E-state index contributed by atoms with van der Waals surface area (Å²) in [5, 5.41) is 3.16. The molecule has 0 amide bonds. The van der Waals surface area contributed by atoms with Crippen LogP contribution >= 0.6 is 0 Å². The van der Waals surface area contributed by atoms with Crippen molar-refractivity contribution in [2.75, 3.05) is 23.3 Å². The maximum Gasteiger partial charge on any atom is 0.227 e. The SMILES string of the molecule is Cc1ccnc(Nc2ccc(N3C[C@@H](C)O[C@@H](C)C3)nc2)n1. The lowest BCUT2D eigenvalue weighted by molar-refractivity contribution is -0.00545. The topological polar surface area (TPSA) is 63.2 Å². The zero-order valence-electron chi connectivity index (χ0n) is 13.2. The first-order valence-electron chi connectivity index (χ1n) is 7.53. The van der Waals surface area contributed by atoms with Crippen LogP contribution in [0.4, 0.5) is 17.5 Å². The van der Waals surface area contributed by atoms with Crippen LogP contribution in [-0.2, 0) is 4.74 Å². The van der Waals surface area contributed by atoms with Gasteiger partial charge in [0.15, 0.2) is 0 Å². The van der Waals surface area contributed by atoms with Gasteiger partial charge in [-0.25, -0.2) is 15.0 Å². The number of pyridine rings is 1. The molecule has 1 aliphatic rings. The van der Waals surface area contributed by atoms with Gasteiger partial charge in [-0.05, 0) is 39.0 Å². The Morgan fingerprint density at radius 3 is 2.55 bits per heavy atom. The van der Waals surface area contributed by atoms with Crippen LogP contribution in [0.15, 0.2) is 30.6 Å². The number of ether oxygens (including phenoxy) is 1. The van der Waals surface area contributed by atoms with E-state index >= 15 is 0 Å². The smallest absolute Gasteiger partial charge is 0.227 e. The van der Waals surface area contributed by atoms with E-state index in [9.17, 15) is 0 Å². The van der Waals surface area contributed by atoms with Crippen LogP contribution in [0.5, 0.6) is 0 Å². The largest absolute Gasteiger partial charge is 0.372 e. The Hall–Kier alpha value is -2.21. The van der Waals surface area contributed by atoms with Crippen molar-refractivity contribution in [1.29, 1.82) is 0 Å². The van der Waals surface area contributed by atoms with Crippen molar-refractivity contribution in [3.05, 3.63) is 36.3 Å². The van der Waals surface area contributed by atoms with Crippen molar-refractivity contribution in [1.82, 2.24) is 15.0 Å². The lowest BCUT2D eigenvalue weighted by atomic mass is 10.2. The van der Waals surface area contributed by atoms with E-state index in [1.54, 1.807) is 6.20 Å². The van der Waals surface area contributed by atoms with Crippen molar-refractivity contribution < 1.29 is 4.74 Å². The monoisotopic (exact) mass is 299 g/mol. The summed E-state index contributed by atoms with van der Waals surface area (Å²) in [6.45, 7) is 7.85. The van der Waals surface area contributed by atoms with E-state index in [0.29, 0.717) is 5.95 Å². The molecule has 1 saturated heterocycles. The molecule has 0 bridgehead atoms. The van der Waals surface area contributed by atoms with Gasteiger partial charge in [-0.1, -0.05) is 0 Å². The van der Waals surface area contributed by atoms with Crippen molar-refractivity contribution in [3.8, 4) is 0 Å². The molecule has 2 atom stereocenters. The molecule has 1 fully saturated rings. The molecule has 1 aliphatic heterocycles. The Labute approximate surface area is 130 Å². The first-order valence-corrected chi connectivity index (χ1v) is 7.53. The average Bonchev–Trinajstić information content (AvgIpc) is 2.47. The van der Waals surface area contributed by atoms with E-state index in [2.05, 4.69) is 39.0 Å². The molecular formula is C16H21N5O. The normalized spacial score (nSPS) is 21.7. The number of nitrogens with zero attached hydrogens (tertiary/aromatic N) is 4. The quantitative estimate of drug-likeness (QED) is 0.939. The summed E-state index contributed by atoms with van der Waals surface area (Å²) in [5.41, 5.74) is 1.81. The summed E-state index contributed by atoms with van der Waals surface area (Å²) in [6, 6.07) is 5.88. The molecule has 3 heterocycles. The maximum atomic E-state index is 5.75. The Kier molecular flexibility index (Phi) is 4.20. The number of rotatable bonds is 3. The molecule has 0 aliphatic carbocycles. The van der Waals surface area contributed by atoms with Crippen LogP contribution in [0.25, 0.3) is 0 Å². The van der Waals surface area contributed by atoms with Crippen LogP contribution in [0, 0.1) is 6.92 Å². The third-order valence-electron chi connectivity index (χ3n) is 3.54. The molecule has 2 aromatic rings. The van der Waals surface area contributed by atoms with Crippen LogP contribution in [0.3, 0.4) is 0 Å². The van der Waals surface area contributed by atoms with E-state index in [4.69, 9.17) is 4.74 Å². The number of aromatic nitrogens is 3. The molecule has 6 nitrogen and oxygen atoms in total. The highest BCUT2D eigenvalue weighted by Crippen LogP contribution is 2.20. The fourth-order valence-corrected chi connectivity index (χ4v) is 2.65. The van der Waals surface area contributed by atoms with Gasteiger partial charge in [-0.3, -0.25) is 0 Å². The molecule has 0 radical (unpaired) electrons. The summed E-state index contributed by atoms with van der Waals surface area (Å²) in [7, 11) is 0. The first kappa shape index (κ1) is 14.7. The minimum atomic E-state index is 0.226. The van der Waals surface area contributed by atoms with Crippen molar-refractivity contribution in [2.45, 2.75) is 33.0 Å². The average molecular weight is 299 g/mol. The van der Waals surface area contributed by atoms with E-state index in [0.717, 1.165) is 30.3 Å². The third-order valence-corrected chi connectivity index (χ3v) is 3.54. The van der Waals surface area contributed by atoms with Crippen LogP contribution in [-0.4, -0.2) is 40.2 Å². The summed E-state index contributed by atoms with van der Waals surface area (Å²) in [6.07, 6.45) is 4.00. The van der Waals surface area contributed by atoms with Gasteiger partial charge in [-0.15, -0.1) is 0 Å². The number of aryl methyl sites for hydroxylation is 1. The summed E-state index contributed by atoms with van der Waals surface area (Å²) in [5.74, 6) is 1.56. The van der Waals surface area contributed by atoms with E-state index in [1.807, 2.05) is 31.3 Å². The van der Waals surface area contributed by atoms with Crippen molar-refractivity contribution in [2.24, 2.45) is 0 Å². The Bertz CT molecular complexity index is 621. The number of hydrogen-bond donors (Lipinski definition) is 1. The Morgan fingerprint density at radius 1 is 1.14 bits per heavy atom. The molecule has 0 aromatic carbocycles. The number of hydrogen-bond acceptors (Lipinski definition) is 6. The second-order valence-corrected chi connectivity index (χ2v) is 5.71. The van der Waals surface area contributed by atoms with E-state index in [-0.39, 0.29) is 12.2 Å². The lowest BCUT2D eigenvalue weighted by Crippen LogP contribution is -2.45. The highest BCUT2D eigenvalue weighted by Gasteiger charge is 2.22. The molecule has 116 valence electrons. The summed E-state index contributed by atoms with van der Waals surface area (Å²) >= 11 is 0. The van der Waals surface area contributed by atoms with E-state index in [1.165, 1.54) is 0 Å². The van der Waals surface area contributed by atoms with Gasteiger partial charge in [-0.2, -0.15) is 0 Å². The zero-order chi connectivity index (χ0) is 15.5. The van der Waals surface area contributed by atoms with Gasteiger partial charge in [0.1, 0.15) is 5.82 Å². The van der Waals surface area contributed by atoms with Gasteiger partial charge in [0.2, 0.25) is 5.95 Å². The standard InChI is InChI=1S/C16H21N5O/c1-11-6-7-17-16(19-11)20-14-4-5-15(18-8-14)21-9-12(2)22-13(3)10-21/h4-8,12-13H,9-10H2,1-3H3,(H,17,19,20)/t12-,13+. The molecule has 2 aromatic heterocycles. The molecule has 0 saturated carbocycles. The van der Waals surface area contributed by atoms with Gasteiger partial charge in [0, 0.05) is 25.0 Å². The van der Waals surface area contributed by atoms with Crippen molar-refractivity contribution in [3.63, 3.8) is 0 Å². The zero-order valence-corrected chi connectivity index (χ0v) is 13.2. The second-order valence-electron chi connectivity index (χ2n) is 5.71. The van der Waals surface area contributed by atoms with Crippen LogP contribution in [0.2, 0.25) is 0 Å². The number of morpholine rings is 1. The fraction of sp³-hybridized carbons (Fsp3) is 0.438. The molecule has 0 unspecified atom stereocenters. The maximum absolute atomic E-state index is 5.75. The number of nitrogens with one attached hydrogen (secondary N) is 1. The summed E-state index contributed by atoms with van der Waals surface area (Å²) in [4.78, 5) is 15.3. The Balaban J connectivity index is 1.70. The fourth-order valence-electron chi connectivity index (χ4n) is 2.65. The van der Waals surface area contributed by atoms with Gasteiger partial charge < -0.3 is 15.0 Å². The first-order chi connectivity index (χ1) is 10.6. The van der Waals surface area contributed by atoms with Gasteiger partial charge in [0.25, 0.3) is 0 Å². The number of anilines is 3. The molecule has 6 heteroatoms. The third kappa shape index (κ3) is 3.51. The van der Waals surface area contributed by atoms with Gasteiger partial charge >= 0.3 is 0 Å². The van der Waals surface area contributed by atoms with Gasteiger partial charge in [0.05, 0.1) is 24.1 Å². The molecule has 3 rings (SSSR count). The molecule has 1 N–H and O–H groups in total. The predicted molar refractivity (Wildman–Crippen MR) is 86.5 cm³/mol. The summed E-state index contributed by atoms with van der Waals surface area (Å²) < 4.78 is 5.75. The van der Waals surface area contributed by atoms with Crippen LogP contribution in [0.1, 0.15) is 19.5 Å². The highest BCUT2D eigenvalue weighted by atomic mass is 16.5. The minimum absolute atomic E-state index is 0.226. The van der Waals surface area contributed by atoms with Crippen molar-refractivity contribution >= 4 is 17.5 Å². The highest BCUT2D eigenvalue weighted by molar-refractivity contribution is 5.55. The molecule has 0 spiro atoms. The Morgan fingerprint density at radius 2 is 1.91 bits per heavy atom. The lowest BCUT2D eigenvalue weighted by Gasteiger charge is -2.36. The molecule has 22 heavy (non-hydrogen) atoms. The second kappa shape index (κ2) is 6.27. The minimum Gasteiger partial charge on any atom is -0.372 e. The molecular weight excluding hydrogens is 278 g/mol. The van der Waals surface area contributed by atoms with Crippen LogP contribution < -0.4 is 10.2 Å². The predicted octanol–water partition coefficient (Wildman–Crippen LogP) is 2.54.